The molecular formula is C32H40N4O7. The van der Waals surface area contributed by atoms with Crippen LogP contribution in [0, 0.1) is 0 Å². The van der Waals surface area contributed by atoms with Gasteiger partial charge in [0.05, 0.1) is 25.7 Å². The number of carboxylic acids is 1. The van der Waals surface area contributed by atoms with Gasteiger partial charge in [-0.05, 0) is 48.3 Å². The van der Waals surface area contributed by atoms with Crippen molar-refractivity contribution >= 4 is 30.9 Å². The molecule has 0 aromatic heterocycles. The van der Waals surface area contributed by atoms with Crippen LogP contribution < -0.4 is 21.7 Å². The SMILES string of the molecule is CNCC(=O)NC(C=O)Cc1ccccc1.CNCC(=O)O.NC=O.O=CCOCC1c2ccccc2-c2ccccc21. The zero-order valence-electron chi connectivity index (χ0n) is 24.4. The van der Waals surface area contributed by atoms with E-state index in [-0.39, 0.29) is 37.9 Å². The highest BCUT2D eigenvalue weighted by Gasteiger charge is 2.27. The molecule has 3 aromatic carbocycles. The Morgan fingerprint density at radius 1 is 0.860 bits per heavy atom. The number of carbonyl (C=O) groups excluding carboxylic acids is 4. The number of likely N-dealkylation sites (N-methyl/N-ethyl adjacent to an activating group) is 2. The van der Waals surface area contributed by atoms with Gasteiger partial charge < -0.3 is 41.1 Å². The second-order valence-corrected chi connectivity index (χ2v) is 9.02. The molecule has 4 rings (SSSR count). The molecular weight excluding hydrogens is 552 g/mol. The van der Waals surface area contributed by atoms with Crippen LogP contribution in [-0.2, 0) is 35.1 Å². The van der Waals surface area contributed by atoms with Gasteiger partial charge in [-0.2, -0.15) is 0 Å². The van der Waals surface area contributed by atoms with E-state index in [0.717, 1.165) is 18.1 Å². The minimum Gasteiger partial charge on any atom is -0.480 e. The van der Waals surface area contributed by atoms with Crippen molar-refractivity contribution in [2.45, 2.75) is 18.4 Å². The highest BCUT2D eigenvalue weighted by Crippen LogP contribution is 2.44. The molecule has 0 saturated carbocycles. The van der Waals surface area contributed by atoms with Crippen molar-refractivity contribution in [1.29, 1.82) is 0 Å². The van der Waals surface area contributed by atoms with E-state index < -0.39 is 12.0 Å². The first-order chi connectivity index (χ1) is 20.9. The number of aliphatic carboxylic acids is 1. The van der Waals surface area contributed by atoms with Crippen LogP contribution in [0.5, 0.6) is 0 Å². The van der Waals surface area contributed by atoms with E-state index in [0.29, 0.717) is 13.0 Å². The Balaban J connectivity index is 0.000000339. The number of aldehydes is 2. The summed E-state index contributed by atoms with van der Waals surface area (Å²) >= 11 is 0. The Morgan fingerprint density at radius 3 is 1.81 bits per heavy atom. The van der Waals surface area contributed by atoms with Gasteiger partial charge in [-0.1, -0.05) is 78.9 Å². The Hall–Kier alpha value is -4.71. The van der Waals surface area contributed by atoms with Crippen molar-refractivity contribution in [3.8, 4) is 11.1 Å². The van der Waals surface area contributed by atoms with Gasteiger partial charge >= 0.3 is 5.97 Å². The van der Waals surface area contributed by atoms with Crippen LogP contribution in [0.4, 0.5) is 0 Å². The topological polar surface area (TPSA) is 177 Å². The lowest BCUT2D eigenvalue weighted by Crippen LogP contribution is -2.41. The molecule has 0 heterocycles. The molecule has 6 N–H and O–H groups in total. The van der Waals surface area contributed by atoms with E-state index >= 15 is 0 Å². The smallest absolute Gasteiger partial charge is 0.317 e. The predicted octanol–water partition coefficient (Wildman–Crippen LogP) is 1.54. The second kappa shape index (κ2) is 22.0. The van der Waals surface area contributed by atoms with Crippen LogP contribution in [0.25, 0.3) is 11.1 Å². The zero-order valence-corrected chi connectivity index (χ0v) is 24.4. The average molecular weight is 593 g/mol. The number of primary amides is 1. The monoisotopic (exact) mass is 592 g/mol. The average Bonchev–Trinajstić information content (AvgIpc) is 3.32. The molecule has 0 fully saturated rings. The summed E-state index contributed by atoms with van der Waals surface area (Å²) in [6.07, 6.45) is 2.34. The Labute approximate surface area is 251 Å². The lowest BCUT2D eigenvalue weighted by Gasteiger charge is -2.12. The molecule has 1 aliphatic carbocycles. The van der Waals surface area contributed by atoms with Gasteiger partial charge in [0.2, 0.25) is 12.3 Å². The normalized spacial score (nSPS) is 11.3. The molecule has 1 unspecified atom stereocenters. The number of amides is 2. The predicted molar refractivity (Wildman–Crippen MR) is 164 cm³/mol. The number of nitrogens with one attached hydrogen (secondary N) is 3. The minimum atomic E-state index is -0.822. The lowest BCUT2D eigenvalue weighted by molar-refractivity contribution is -0.135. The first kappa shape index (κ1) is 36.3. The zero-order chi connectivity index (χ0) is 31.9. The molecule has 1 aliphatic rings. The molecule has 2 amide bonds. The first-order valence-electron chi connectivity index (χ1n) is 13.5. The Morgan fingerprint density at radius 2 is 1.37 bits per heavy atom. The van der Waals surface area contributed by atoms with Gasteiger partial charge in [0.15, 0.2) is 0 Å². The van der Waals surface area contributed by atoms with Crippen molar-refractivity contribution in [2.75, 3.05) is 40.4 Å². The van der Waals surface area contributed by atoms with Gasteiger partial charge in [-0.25, -0.2) is 0 Å². The number of carboxylic acid groups (broad SMARTS) is 1. The van der Waals surface area contributed by atoms with Crippen LogP contribution >= 0.6 is 0 Å². The van der Waals surface area contributed by atoms with Crippen molar-refractivity contribution < 1.29 is 33.8 Å². The quantitative estimate of drug-likeness (QED) is 0.154. The maximum Gasteiger partial charge on any atom is 0.317 e. The van der Waals surface area contributed by atoms with E-state index in [1.807, 2.05) is 30.3 Å². The Bertz CT molecular complexity index is 1230. The van der Waals surface area contributed by atoms with E-state index in [4.69, 9.17) is 14.6 Å². The maximum atomic E-state index is 11.3. The number of hydrogen-bond acceptors (Lipinski definition) is 8. The standard InChI is InChI=1S/C16H14O2.C12H16N2O2.C3H7NO2.CH3NO/c17-9-10-18-11-16-14-7-3-1-5-12(14)13-6-2-4-8-15(13)16;1-13-8-12(16)14-11(9-15)7-10-5-3-2-4-6-10;1-4-2-3(5)6;2-1-3/h1-9,16H,10-11H2;2-6,9,11,13H,7-8H2,1H3,(H,14,16);4H,2H2,1H3,(H,5,6);1H,(H2,2,3). The largest absolute Gasteiger partial charge is 0.480 e. The third-order valence-corrected chi connectivity index (χ3v) is 5.91. The summed E-state index contributed by atoms with van der Waals surface area (Å²) in [7, 11) is 3.28. The molecule has 3 aromatic rings. The molecule has 43 heavy (non-hydrogen) atoms. The van der Waals surface area contributed by atoms with Crippen LogP contribution in [-0.4, -0.2) is 82.4 Å². The summed E-state index contributed by atoms with van der Waals surface area (Å²) in [6, 6.07) is 25.9. The first-order valence-corrected chi connectivity index (χ1v) is 13.5. The van der Waals surface area contributed by atoms with Gasteiger partial charge in [0, 0.05) is 5.92 Å². The fourth-order valence-electron chi connectivity index (χ4n) is 4.24. The number of benzene rings is 3. The van der Waals surface area contributed by atoms with Crippen LogP contribution in [0.1, 0.15) is 22.6 Å². The lowest BCUT2D eigenvalue weighted by atomic mass is 9.98. The summed E-state index contributed by atoms with van der Waals surface area (Å²) in [5.41, 5.74) is 10.4. The molecule has 0 spiro atoms. The maximum absolute atomic E-state index is 11.3. The van der Waals surface area contributed by atoms with E-state index in [2.05, 4.69) is 70.2 Å². The van der Waals surface area contributed by atoms with Crippen LogP contribution in [0.15, 0.2) is 78.9 Å². The summed E-state index contributed by atoms with van der Waals surface area (Å²) in [5.74, 6) is -0.745. The summed E-state index contributed by atoms with van der Waals surface area (Å²) in [5, 5.41) is 15.7. The van der Waals surface area contributed by atoms with E-state index in [1.165, 1.54) is 22.3 Å². The number of hydrogen-bond donors (Lipinski definition) is 5. The van der Waals surface area contributed by atoms with Crippen LogP contribution in [0.2, 0.25) is 0 Å². The number of carbonyl (C=O) groups is 5. The van der Waals surface area contributed by atoms with Gasteiger partial charge in [-0.15, -0.1) is 0 Å². The molecule has 0 aliphatic heterocycles. The van der Waals surface area contributed by atoms with E-state index in [9.17, 15) is 19.2 Å². The summed E-state index contributed by atoms with van der Waals surface area (Å²) in [4.78, 5) is 50.5. The van der Waals surface area contributed by atoms with Gasteiger partial charge in [0.25, 0.3) is 0 Å². The molecule has 11 heteroatoms. The second-order valence-electron chi connectivity index (χ2n) is 9.02. The highest BCUT2D eigenvalue weighted by molar-refractivity contribution is 5.81. The van der Waals surface area contributed by atoms with Crippen molar-refractivity contribution in [3.05, 3.63) is 95.6 Å². The van der Waals surface area contributed by atoms with Crippen molar-refractivity contribution in [1.82, 2.24) is 16.0 Å². The fourth-order valence-corrected chi connectivity index (χ4v) is 4.24. The molecule has 11 nitrogen and oxygen atoms in total. The minimum absolute atomic E-state index is 0.0417. The summed E-state index contributed by atoms with van der Waals surface area (Å²) in [6.45, 7) is 0.993. The number of ether oxygens (including phenoxy) is 1. The number of nitrogens with two attached hydrogens (primary N) is 1. The van der Waals surface area contributed by atoms with Gasteiger partial charge in [0.1, 0.15) is 19.2 Å². The van der Waals surface area contributed by atoms with E-state index in [1.54, 1.807) is 14.1 Å². The molecule has 0 saturated heterocycles. The molecule has 0 bridgehead atoms. The molecule has 230 valence electrons. The Kier molecular flexibility index (Phi) is 18.5. The summed E-state index contributed by atoms with van der Waals surface area (Å²) < 4.78 is 5.41. The number of rotatable bonds is 12. The molecule has 1 atom stereocenters. The van der Waals surface area contributed by atoms with Crippen molar-refractivity contribution in [3.63, 3.8) is 0 Å². The third-order valence-electron chi connectivity index (χ3n) is 5.91. The van der Waals surface area contributed by atoms with Gasteiger partial charge in [-0.3, -0.25) is 14.4 Å². The highest BCUT2D eigenvalue weighted by atomic mass is 16.5. The fraction of sp³-hybridized carbons (Fsp3) is 0.281. The number of fused-ring (bicyclic) bond motifs is 3. The molecule has 0 radical (unpaired) electrons. The third kappa shape index (κ3) is 13.7. The van der Waals surface area contributed by atoms with Crippen molar-refractivity contribution in [2.24, 2.45) is 5.73 Å². The van der Waals surface area contributed by atoms with Crippen LogP contribution in [0.3, 0.4) is 0 Å².